The molecule has 2 amide bonds. The lowest BCUT2D eigenvalue weighted by Crippen LogP contribution is -2.47. The number of aryl methyl sites for hydroxylation is 1. The summed E-state index contributed by atoms with van der Waals surface area (Å²) in [6.45, 7) is 3.54. The van der Waals surface area contributed by atoms with E-state index >= 15 is 0 Å². The van der Waals surface area contributed by atoms with Gasteiger partial charge in [0.25, 0.3) is 11.8 Å². The molecule has 0 fully saturated rings. The van der Waals surface area contributed by atoms with E-state index in [1.54, 1.807) is 31.2 Å². The highest BCUT2D eigenvalue weighted by Crippen LogP contribution is 2.22. The Labute approximate surface area is 151 Å². The lowest BCUT2D eigenvalue weighted by atomic mass is 10.2. The van der Waals surface area contributed by atoms with E-state index in [0.29, 0.717) is 16.5 Å². The van der Waals surface area contributed by atoms with E-state index in [2.05, 4.69) is 10.9 Å². The van der Waals surface area contributed by atoms with Crippen LogP contribution in [0.2, 0.25) is 5.02 Å². The normalized spacial score (nSPS) is 11.4. The average Bonchev–Trinajstić information content (AvgIpc) is 2.61. The predicted octanol–water partition coefficient (Wildman–Crippen LogP) is 2.89. The Morgan fingerprint density at radius 3 is 2.40 bits per heavy atom. The molecule has 0 radical (unpaired) electrons. The van der Waals surface area contributed by atoms with Gasteiger partial charge in [-0.2, -0.15) is 0 Å². The Hall–Kier alpha value is -2.73. The van der Waals surface area contributed by atoms with Crippen LogP contribution in [0.15, 0.2) is 42.5 Å². The van der Waals surface area contributed by atoms with E-state index in [9.17, 15) is 9.59 Å². The molecule has 0 bridgehead atoms. The number of benzene rings is 2. The minimum Gasteiger partial charge on any atom is -0.496 e. The van der Waals surface area contributed by atoms with Crippen molar-refractivity contribution >= 4 is 23.4 Å². The first-order valence-electron chi connectivity index (χ1n) is 7.57. The molecule has 0 heterocycles. The van der Waals surface area contributed by atoms with Gasteiger partial charge in [-0.15, -0.1) is 0 Å². The van der Waals surface area contributed by atoms with Crippen molar-refractivity contribution in [2.75, 3.05) is 7.11 Å². The third-order valence-electron chi connectivity index (χ3n) is 3.41. The number of rotatable bonds is 5. The van der Waals surface area contributed by atoms with Gasteiger partial charge in [0.05, 0.1) is 12.7 Å². The Bertz CT molecular complexity index is 762. The summed E-state index contributed by atoms with van der Waals surface area (Å²) < 4.78 is 10.6. The molecule has 6 nitrogen and oxygen atoms in total. The summed E-state index contributed by atoms with van der Waals surface area (Å²) in [7, 11) is 1.44. The second-order valence-electron chi connectivity index (χ2n) is 5.36. The highest BCUT2D eigenvalue weighted by Gasteiger charge is 2.18. The van der Waals surface area contributed by atoms with Gasteiger partial charge in [0, 0.05) is 5.02 Å². The van der Waals surface area contributed by atoms with Gasteiger partial charge in [-0.25, -0.2) is 0 Å². The summed E-state index contributed by atoms with van der Waals surface area (Å²) in [5, 5.41) is 0.383. The molecule has 132 valence electrons. The number of methoxy groups -OCH3 is 1. The summed E-state index contributed by atoms with van der Waals surface area (Å²) >= 11 is 5.89. The monoisotopic (exact) mass is 362 g/mol. The van der Waals surface area contributed by atoms with Crippen molar-refractivity contribution in [3.8, 4) is 11.5 Å². The Morgan fingerprint density at radius 2 is 1.76 bits per heavy atom. The fourth-order valence-electron chi connectivity index (χ4n) is 2.02. The van der Waals surface area contributed by atoms with Crippen LogP contribution in [-0.4, -0.2) is 25.0 Å². The van der Waals surface area contributed by atoms with E-state index in [1.165, 1.54) is 13.2 Å². The third kappa shape index (κ3) is 5.12. The predicted molar refractivity (Wildman–Crippen MR) is 94.9 cm³/mol. The van der Waals surface area contributed by atoms with Crippen molar-refractivity contribution in [2.24, 2.45) is 0 Å². The van der Waals surface area contributed by atoms with Crippen LogP contribution in [0.4, 0.5) is 0 Å². The molecule has 2 aromatic carbocycles. The number of hydrogen-bond acceptors (Lipinski definition) is 4. The zero-order valence-electron chi connectivity index (χ0n) is 14.1. The molecule has 25 heavy (non-hydrogen) atoms. The summed E-state index contributed by atoms with van der Waals surface area (Å²) in [5.41, 5.74) is 5.94. The zero-order chi connectivity index (χ0) is 18.4. The maximum Gasteiger partial charge on any atom is 0.279 e. The molecule has 1 unspecified atom stereocenters. The smallest absolute Gasteiger partial charge is 0.279 e. The van der Waals surface area contributed by atoms with Crippen molar-refractivity contribution in [3.05, 3.63) is 58.6 Å². The molecule has 2 aromatic rings. The Morgan fingerprint density at radius 1 is 1.08 bits per heavy atom. The maximum absolute atomic E-state index is 12.2. The van der Waals surface area contributed by atoms with Crippen LogP contribution in [-0.2, 0) is 4.79 Å². The highest BCUT2D eigenvalue weighted by molar-refractivity contribution is 6.31. The average molecular weight is 363 g/mol. The van der Waals surface area contributed by atoms with Crippen LogP contribution in [0, 0.1) is 6.92 Å². The largest absolute Gasteiger partial charge is 0.496 e. The van der Waals surface area contributed by atoms with Gasteiger partial charge in [-0.3, -0.25) is 20.4 Å². The van der Waals surface area contributed by atoms with Crippen molar-refractivity contribution in [1.29, 1.82) is 0 Å². The lowest BCUT2D eigenvalue weighted by molar-refractivity contribution is -0.128. The molecule has 0 saturated carbocycles. The molecule has 0 aliphatic carbocycles. The van der Waals surface area contributed by atoms with E-state index in [0.717, 1.165) is 5.56 Å². The summed E-state index contributed by atoms with van der Waals surface area (Å²) in [6, 6.07) is 11.9. The molecule has 2 N–H and O–H groups in total. The summed E-state index contributed by atoms with van der Waals surface area (Å²) in [6.07, 6.45) is -0.788. The van der Waals surface area contributed by atoms with Crippen molar-refractivity contribution in [1.82, 2.24) is 10.9 Å². The molecule has 0 aliphatic rings. The van der Waals surface area contributed by atoms with Crippen molar-refractivity contribution in [2.45, 2.75) is 20.0 Å². The highest BCUT2D eigenvalue weighted by atomic mass is 35.5. The van der Waals surface area contributed by atoms with Crippen LogP contribution in [0.3, 0.4) is 0 Å². The van der Waals surface area contributed by atoms with E-state index in [4.69, 9.17) is 21.1 Å². The van der Waals surface area contributed by atoms with Gasteiger partial charge < -0.3 is 9.47 Å². The molecular formula is C18H19ClN2O4. The number of hydrazine groups is 1. The second kappa shape index (κ2) is 8.39. The number of hydrogen-bond donors (Lipinski definition) is 2. The van der Waals surface area contributed by atoms with Crippen LogP contribution in [0.5, 0.6) is 11.5 Å². The first-order valence-corrected chi connectivity index (χ1v) is 7.95. The van der Waals surface area contributed by atoms with E-state index < -0.39 is 17.9 Å². The number of halogens is 1. The van der Waals surface area contributed by atoms with Crippen molar-refractivity contribution < 1.29 is 19.1 Å². The van der Waals surface area contributed by atoms with Crippen LogP contribution in [0.1, 0.15) is 22.8 Å². The summed E-state index contributed by atoms with van der Waals surface area (Å²) in [5.74, 6) is -0.124. The molecule has 0 aliphatic heterocycles. The fourth-order valence-corrected chi connectivity index (χ4v) is 2.19. The van der Waals surface area contributed by atoms with Gasteiger partial charge >= 0.3 is 0 Å². The van der Waals surface area contributed by atoms with Gasteiger partial charge in [-0.05, 0) is 44.2 Å². The third-order valence-corrected chi connectivity index (χ3v) is 3.64. The number of carbonyl (C=O) groups is 2. The van der Waals surface area contributed by atoms with E-state index in [-0.39, 0.29) is 5.56 Å². The Kier molecular flexibility index (Phi) is 6.25. The molecule has 0 spiro atoms. The molecule has 0 aromatic heterocycles. The maximum atomic E-state index is 12.2. The Balaban J connectivity index is 1.93. The van der Waals surface area contributed by atoms with E-state index in [1.807, 2.05) is 19.1 Å². The number of amides is 2. The minimum absolute atomic E-state index is 0.211. The SMILES string of the molecule is COc1ccc(Cl)cc1C(=O)NNC(=O)C(C)Oc1ccc(C)cc1. The number of nitrogens with one attached hydrogen (secondary N) is 2. The van der Waals surface area contributed by atoms with Gasteiger partial charge in [0.15, 0.2) is 6.10 Å². The van der Waals surface area contributed by atoms with Crippen LogP contribution >= 0.6 is 11.6 Å². The van der Waals surface area contributed by atoms with Gasteiger partial charge in [-0.1, -0.05) is 29.3 Å². The fraction of sp³-hybridized carbons (Fsp3) is 0.222. The van der Waals surface area contributed by atoms with Crippen LogP contribution < -0.4 is 20.3 Å². The zero-order valence-corrected chi connectivity index (χ0v) is 14.9. The first-order chi connectivity index (χ1) is 11.9. The quantitative estimate of drug-likeness (QED) is 0.802. The molecule has 1 atom stereocenters. The van der Waals surface area contributed by atoms with Crippen LogP contribution in [0.25, 0.3) is 0 Å². The number of carbonyl (C=O) groups excluding carboxylic acids is 2. The lowest BCUT2D eigenvalue weighted by Gasteiger charge is -2.16. The van der Waals surface area contributed by atoms with Gasteiger partial charge in [0.1, 0.15) is 11.5 Å². The van der Waals surface area contributed by atoms with Crippen molar-refractivity contribution in [3.63, 3.8) is 0 Å². The second-order valence-corrected chi connectivity index (χ2v) is 5.80. The summed E-state index contributed by atoms with van der Waals surface area (Å²) in [4.78, 5) is 24.3. The molecule has 7 heteroatoms. The number of ether oxygens (including phenoxy) is 2. The molecule has 2 rings (SSSR count). The molecular weight excluding hydrogens is 344 g/mol. The van der Waals surface area contributed by atoms with Gasteiger partial charge in [0.2, 0.25) is 0 Å². The topological polar surface area (TPSA) is 76.7 Å². The standard InChI is InChI=1S/C18H19ClN2O4/c1-11-4-7-14(8-5-11)25-12(2)17(22)20-21-18(23)15-10-13(19)6-9-16(15)24-3/h4-10,12H,1-3H3,(H,20,22)(H,21,23). The first kappa shape index (κ1) is 18.6. The molecule has 0 saturated heterocycles. The minimum atomic E-state index is -0.788.